The largest absolute Gasteiger partial charge is 0.371 e. The topological polar surface area (TPSA) is 18.5 Å². The fraction of sp³-hybridized carbons (Fsp3) is 0.625. The summed E-state index contributed by atoms with van der Waals surface area (Å²) >= 11 is 0. The van der Waals surface area contributed by atoms with Crippen LogP contribution < -0.4 is 10.2 Å². The summed E-state index contributed by atoms with van der Waals surface area (Å²) in [6.45, 7) is 5.46. The minimum absolute atomic E-state index is 0.745. The molecule has 0 aliphatic carbocycles. The number of nitrogens with zero attached hydrogens (tertiary/aromatic N) is 2. The standard InChI is InChI=1S/C16H27N3/c1-13-5-6-16(14(11-13)12-17-2)19-9-7-15(8-10-19)18(3)4/h5-6,11,15,17H,7-10,12H2,1-4H3. The number of benzene rings is 1. The summed E-state index contributed by atoms with van der Waals surface area (Å²) in [5, 5.41) is 3.28. The number of rotatable bonds is 4. The monoisotopic (exact) mass is 261 g/mol. The van der Waals surface area contributed by atoms with E-state index in [9.17, 15) is 0 Å². The fourth-order valence-electron chi connectivity index (χ4n) is 2.98. The highest BCUT2D eigenvalue weighted by Gasteiger charge is 2.21. The van der Waals surface area contributed by atoms with Crippen LogP contribution in [0.25, 0.3) is 0 Å². The molecular formula is C16H27N3. The Morgan fingerprint density at radius 2 is 1.95 bits per heavy atom. The summed E-state index contributed by atoms with van der Waals surface area (Å²) < 4.78 is 0. The van der Waals surface area contributed by atoms with Gasteiger partial charge in [-0.25, -0.2) is 0 Å². The molecule has 106 valence electrons. The fourth-order valence-corrected chi connectivity index (χ4v) is 2.98. The first kappa shape index (κ1) is 14.4. The number of aryl methyl sites for hydroxylation is 1. The van der Waals surface area contributed by atoms with E-state index < -0.39 is 0 Å². The van der Waals surface area contributed by atoms with Crippen LogP contribution in [0.3, 0.4) is 0 Å². The van der Waals surface area contributed by atoms with Crippen LogP contribution in [0, 0.1) is 6.92 Å². The predicted molar refractivity (Wildman–Crippen MR) is 82.9 cm³/mol. The van der Waals surface area contributed by atoms with E-state index in [-0.39, 0.29) is 0 Å². The Morgan fingerprint density at radius 3 is 2.53 bits per heavy atom. The second kappa shape index (κ2) is 6.40. The van der Waals surface area contributed by atoms with Gasteiger partial charge in [0.2, 0.25) is 0 Å². The van der Waals surface area contributed by atoms with Crippen molar-refractivity contribution in [1.29, 1.82) is 0 Å². The van der Waals surface area contributed by atoms with Gasteiger partial charge in [0.1, 0.15) is 0 Å². The number of nitrogens with one attached hydrogen (secondary N) is 1. The van der Waals surface area contributed by atoms with Crippen molar-refractivity contribution in [3.63, 3.8) is 0 Å². The van der Waals surface area contributed by atoms with Gasteiger partial charge in [-0.2, -0.15) is 0 Å². The van der Waals surface area contributed by atoms with Crippen molar-refractivity contribution in [2.45, 2.75) is 32.4 Å². The molecule has 0 saturated carbocycles. The molecule has 3 nitrogen and oxygen atoms in total. The van der Waals surface area contributed by atoms with Crippen LogP contribution in [-0.4, -0.2) is 45.2 Å². The smallest absolute Gasteiger partial charge is 0.0412 e. The SMILES string of the molecule is CNCc1cc(C)ccc1N1CCC(N(C)C)CC1. The molecule has 2 rings (SSSR count). The summed E-state index contributed by atoms with van der Waals surface area (Å²) in [5.41, 5.74) is 4.18. The predicted octanol–water partition coefficient (Wildman–Crippen LogP) is 2.24. The zero-order chi connectivity index (χ0) is 13.8. The number of piperidine rings is 1. The van der Waals surface area contributed by atoms with Gasteiger partial charge in [0.05, 0.1) is 0 Å². The van der Waals surface area contributed by atoms with Gasteiger partial charge in [0, 0.05) is 31.4 Å². The molecule has 1 aliphatic heterocycles. The summed E-state index contributed by atoms with van der Waals surface area (Å²) in [5.74, 6) is 0. The second-order valence-corrected chi connectivity index (χ2v) is 5.84. The van der Waals surface area contributed by atoms with Crippen molar-refractivity contribution in [3.8, 4) is 0 Å². The Morgan fingerprint density at radius 1 is 1.26 bits per heavy atom. The van der Waals surface area contributed by atoms with Gasteiger partial charge in [0.15, 0.2) is 0 Å². The quantitative estimate of drug-likeness (QED) is 0.897. The van der Waals surface area contributed by atoms with E-state index in [1.807, 2.05) is 7.05 Å². The van der Waals surface area contributed by atoms with Gasteiger partial charge in [0.25, 0.3) is 0 Å². The maximum Gasteiger partial charge on any atom is 0.0412 e. The van der Waals surface area contributed by atoms with Crippen LogP contribution in [-0.2, 0) is 6.54 Å². The maximum atomic E-state index is 3.28. The molecule has 0 atom stereocenters. The molecule has 0 radical (unpaired) electrons. The van der Waals surface area contributed by atoms with Crippen molar-refractivity contribution < 1.29 is 0 Å². The summed E-state index contributed by atoms with van der Waals surface area (Å²) in [7, 11) is 6.40. The van der Waals surface area contributed by atoms with E-state index in [1.54, 1.807) is 0 Å². The molecular weight excluding hydrogens is 234 g/mol. The molecule has 1 saturated heterocycles. The molecule has 0 aromatic heterocycles. The molecule has 1 heterocycles. The minimum Gasteiger partial charge on any atom is -0.371 e. The lowest BCUT2D eigenvalue weighted by atomic mass is 10.0. The molecule has 1 aromatic rings. The third-order valence-corrected chi connectivity index (χ3v) is 4.14. The van der Waals surface area contributed by atoms with Crippen LogP contribution >= 0.6 is 0 Å². The van der Waals surface area contributed by atoms with E-state index in [4.69, 9.17) is 0 Å². The van der Waals surface area contributed by atoms with E-state index in [0.717, 1.165) is 12.6 Å². The van der Waals surface area contributed by atoms with E-state index in [0.29, 0.717) is 0 Å². The Kier molecular flexibility index (Phi) is 4.83. The lowest BCUT2D eigenvalue weighted by molar-refractivity contribution is 0.249. The molecule has 1 N–H and O–H groups in total. The molecule has 3 heteroatoms. The average molecular weight is 261 g/mol. The van der Waals surface area contributed by atoms with Crippen molar-refractivity contribution in [3.05, 3.63) is 29.3 Å². The van der Waals surface area contributed by atoms with Crippen LogP contribution in [0.1, 0.15) is 24.0 Å². The third kappa shape index (κ3) is 3.48. The molecule has 1 aromatic carbocycles. The first-order valence-electron chi connectivity index (χ1n) is 7.27. The normalized spacial score (nSPS) is 17.2. The molecule has 1 aliphatic rings. The van der Waals surface area contributed by atoms with Crippen LogP contribution in [0.15, 0.2) is 18.2 Å². The Hall–Kier alpha value is -1.06. The van der Waals surface area contributed by atoms with E-state index >= 15 is 0 Å². The number of anilines is 1. The zero-order valence-corrected chi connectivity index (χ0v) is 12.7. The van der Waals surface area contributed by atoms with Crippen molar-refractivity contribution in [2.75, 3.05) is 39.1 Å². The highest BCUT2D eigenvalue weighted by Crippen LogP contribution is 2.26. The van der Waals surface area contributed by atoms with Crippen LogP contribution in [0.2, 0.25) is 0 Å². The van der Waals surface area contributed by atoms with Crippen molar-refractivity contribution in [2.24, 2.45) is 0 Å². The molecule has 0 amide bonds. The van der Waals surface area contributed by atoms with E-state index in [1.165, 1.54) is 42.7 Å². The van der Waals surface area contributed by atoms with E-state index in [2.05, 4.69) is 54.3 Å². The molecule has 0 bridgehead atoms. The molecule has 19 heavy (non-hydrogen) atoms. The van der Waals surface area contributed by atoms with Gasteiger partial charge in [-0.15, -0.1) is 0 Å². The lowest BCUT2D eigenvalue weighted by Gasteiger charge is -2.37. The average Bonchev–Trinajstić information content (AvgIpc) is 2.39. The number of hydrogen-bond acceptors (Lipinski definition) is 3. The third-order valence-electron chi connectivity index (χ3n) is 4.14. The summed E-state index contributed by atoms with van der Waals surface area (Å²) in [6.07, 6.45) is 2.53. The van der Waals surface area contributed by atoms with Crippen LogP contribution in [0.4, 0.5) is 5.69 Å². The summed E-state index contributed by atoms with van der Waals surface area (Å²) in [6, 6.07) is 7.57. The minimum atomic E-state index is 0.745. The molecule has 0 unspecified atom stereocenters. The molecule has 0 spiro atoms. The van der Waals surface area contributed by atoms with Gasteiger partial charge in [-0.3, -0.25) is 0 Å². The number of hydrogen-bond donors (Lipinski definition) is 1. The summed E-state index contributed by atoms with van der Waals surface area (Å²) in [4.78, 5) is 4.91. The Balaban J connectivity index is 2.10. The highest BCUT2D eigenvalue weighted by molar-refractivity contribution is 5.55. The van der Waals surface area contributed by atoms with Crippen molar-refractivity contribution in [1.82, 2.24) is 10.2 Å². The first-order chi connectivity index (χ1) is 9.11. The van der Waals surface area contributed by atoms with Gasteiger partial charge in [-0.1, -0.05) is 17.7 Å². The Labute approximate surface area is 117 Å². The first-order valence-corrected chi connectivity index (χ1v) is 7.27. The van der Waals surface area contributed by atoms with Gasteiger partial charge < -0.3 is 15.1 Å². The highest BCUT2D eigenvalue weighted by atomic mass is 15.2. The van der Waals surface area contributed by atoms with Crippen molar-refractivity contribution >= 4 is 5.69 Å². The Bertz CT molecular complexity index is 406. The maximum absolute atomic E-state index is 3.28. The second-order valence-electron chi connectivity index (χ2n) is 5.84. The zero-order valence-electron chi connectivity index (χ0n) is 12.7. The van der Waals surface area contributed by atoms with Gasteiger partial charge in [-0.05, 0) is 52.5 Å². The van der Waals surface area contributed by atoms with Crippen LogP contribution in [0.5, 0.6) is 0 Å². The molecule has 1 fully saturated rings. The van der Waals surface area contributed by atoms with Gasteiger partial charge >= 0.3 is 0 Å². The lowest BCUT2D eigenvalue weighted by Crippen LogP contribution is -2.42.